The van der Waals surface area contributed by atoms with Gasteiger partial charge in [-0.2, -0.15) is 0 Å². The van der Waals surface area contributed by atoms with Gasteiger partial charge < -0.3 is 15.5 Å². The number of rotatable bonds is 11. The number of carbonyl (C=O) groups is 1. The predicted molar refractivity (Wildman–Crippen MR) is 133 cm³/mol. The number of nitrogens with one attached hydrogen (secondary N) is 2. The third-order valence-electron chi connectivity index (χ3n) is 5.65. The number of sulfone groups is 1. The Kier molecular flexibility index (Phi) is 8.88. The maximum absolute atomic E-state index is 12.5. The van der Waals surface area contributed by atoms with E-state index in [4.69, 9.17) is 11.6 Å². The number of likely N-dealkylation sites (N-methyl/N-ethyl adjacent to an activating group) is 1. The lowest BCUT2D eigenvalue weighted by molar-refractivity contribution is -0.129. The topological polar surface area (TPSA) is 90.9 Å². The van der Waals surface area contributed by atoms with Gasteiger partial charge in [0.15, 0.2) is 9.84 Å². The van der Waals surface area contributed by atoms with Crippen LogP contribution >= 0.6 is 11.6 Å². The summed E-state index contributed by atoms with van der Waals surface area (Å²) < 4.78 is 25.0. The maximum Gasteiger partial charge on any atom is 0.222 e. The number of benzene rings is 2. The average Bonchev–Trinajstić information content (AvgIpc) is 3.34. The summed E-state index contributed by atoms with van der Waals surface area (Å²) in [6, 6.07) is 13.1. The molecule has 178 valence electrons. The minimum atomic E-state index is -3.48. The number of hydrogen-bond acceptors (Lipinski definition) is 6. The Hall–Kier alpha value is -2.42. The maximum atomic E-state index is 12.5. The van der Waals surface area contributed by atoms with E-state index in [0.717, 1.165) is 30.9 Å². The molecule has 9 heteroatoms. The van der Waals surface area contributed by atoms with Crippen LogP contribution in [0.15, 0.2) is 52.4 Å². The minimum Gasteiger partial charge on any atom is -0.368 e. The fraction of sp³-hybridized carbons (Fsp3) is 0.417. The Balaban J connectivity index is 1.36. The number of aliphatic imine (C=N–C) groups is 1. The van der Waals surface area contributed by atoms with E-state index in [-0.39, 0.29) is 16.7 Å². The van der Waals surface area contributed by atoms with E-state index in [0.29, 0.717) is 36.5 Å². The van der Waals surface area contributed by atoms with Crippen LogP contribution in [0.1, 0.15) is 29.5 Å². The summed E-state index contributed by atoms with van der Waals surface area (Å²) in [5.74, 6) is 0.806. The molecule has 0 aliphatic carbocycles. The SMILES string of the molecule is Cc1c(Cl)cccc1S(=O)(=O)CNCCCC(=O)N(C)CCc1ccc(C2=NCCN2)cc1. The second-order valence-corrected chi connectivity index (χ2v) is 10.5. The molecule has 0 bridgehead atoms. The van der Waals surface area contributed by atoms with Gasteiger partial charge in [-0.25, -0.2) is 8.42 Å². The molecule has 3 rings (SSSR count). The highest BCUT2D eigenvalue weighted by Crippen LogP contribution is 2.23. The standard InChI is InChI=1S/C24H31ClN4O3S/c1-18-21(25)5-3-6-22(18)33(31,32)17-26-13-4-7-23(30)29(2)16-12-19-8-10-20(11-9-19)24-27-14-15-28-24/h3,5-6,8-11,26H,4,7,12-17H2,1-2H3,(H,27,28). The first-order valence-electron chi connectivity index (χ1n) is 11.1. The van der Waals surface area contributed by atoms with E-state index in [9.17, 15) is 13.2 Å². The number of nitrogens with zero attached hydrogens (tertiary/aromatic N) is 2. The Morgan fingerprint density at radius 3 is 2.67 bits per heavy atom. The summed E-state index contributed by atoms with van der Waals surface area (Å²) in [6.45, 7) is 4.47. The largest absolute Gasteiger partial charge is 0.368 e. The third-order valence-corrected chi connectivity index (χ3v) is 7.76. The van der Waals surface area contributed by atoms with Crippen molar-refractivity contribution >= 4 is 33.2 Å². The summed E-state index contributed by atoms with van der Waals surface area (Å²) in [6.07, 6.45) is 1.71. The molecule has 2 aromatic carbocycles. The van der Waals surface area contributed by atoms with Gasteiger partial charge in [-0.15, -0.1) is 0 Å². The van der Waals surface area contributed by atoms with Gasteiger partial charge in [0.05, 0.1) is 11.4 Å². The number of halogens is 1. The Bertz CT molecular complexity index is 1100. The van der Waals surface area contributed by atoms with Crippen molar-refractivity contribution in [3.8, 4) is 0 Å². The first kappa shape index (κ1) is 25.2. The molecule has 33 heavy (non-hydrogen) atoms. The van der Waals surface area contributed by atoms with Crippen LogP contribution in [0.3, 0.4) is 0 Å². The molecule has 0 spiro atoms. The first-order chi connectivity index (χ1) is 15.8. The van der Waals surface area contributed by atoms with Crippen LogP contribution < -0.4 is 10.6 Å². The van der Waals surface area contributed by atoms with Gasteiger partial charge in [0, 0.05) is 37.1 Å². The smallest absolute Gasteiger partial charge is 0.222 e. The highest BCUT2D eigenvalue weighted by atomic mass is 35.5. The first-order valence-corrected chi connectivity index (χ1v) is 13.1. The fourth-order valence-electron chi connectivity index (χ4n) is 3.61. The highest BCUT2D eigenvalue weighted by Gasteiger charge is 2.18. The summed E-state index contributed by atoms with van der Waals surface area (Å²) in [7, 11) is -1.68. The van der Waals surface area contributed by atoms with Crippen molar-refractivity contribution in [2.24, 2.45) is 4.99 Å². The van der Waals surface area contributed by atoms with E-state index in [1.54, 1.807) is 37.1 Å². The molecular weight excluding hydrogens is 460 g/mol. The molecule has 0 fully saturated rings. The molecule has 2 N–H and O–H groups in total. The average molecular weight is 491 g/mol. The van der Waals surface area contributed by atoms with Crippen molar-refractivity contribution in [1.29, 1.82) is 0 Å². The van der Waals surface area contributed by atoms with Crippen molar-refractivity contribution in [2.75, 3.05) is 39.1 Å². The van der Waals surface area contributed by atoms with Gasteiger partial charge in [-0.1, -0.05) is 41.9 Å². The van der Waals surface area contributed by atoms with Crippen LogP contribution in [0.2, 0.25) is 5.02 Å². The van der Waals surface area contributed by atoms with Crippen LogP contribution in [0, 0.1) is 6.92 Å². The molecule has 1 heterocycles. The van der Waals surface area contributed by atoms with Crippen LogP contribution in [-0.2, 0) is 21.1 Å². The number of amides is 1. The second-order valence-electron chi connectivity index (χ2n) is 8.14. The Morgan fingerprint density at radius 1 is 1.21 bits per heavy atom. The Morgan fingerprint density at radius 2 is 1.97 bits per heavy atom. The molecule has 0 unspecified atom stereocenters. The van der Waals surface area contributed by atoms with Crippen molar-refractivity contribution < 1.29 is 13.2 Å². The molecule has 0 aromatic heterocycles. The molecule has 2 aromatic rings. The summed E-state index contributed by atoms with van der Waals surface area (Å²) >= 11 is 6.03. The van der Waals surface area contributed by atoms with E-state index in [1.165, 1.54) is 5.56 Å². The van der Waals surface area contributed by atoms with Gasteiger partial charge >= 0.3 is 0 Å². The van der Waals surface area contributed by atoms with Crippen LogP contribution in [0.5, 0.6) is 0 Å². The van der Waals surface area contributed by atoms with Gasteiger partial charge in [-0.05, 0) is 49.6 Å². The van der Waals surface area contributed by atoms with E-state index < -0.39 is 9.84 Å². The lowest BCUT2D eigenvalue weighted by atomic mass is 10.1. The molecule has 0 atom stereocenters. The summed E-state index contributed by atoms with van der Waals surface area (Å²) in [5.41, 5.74) is 2.80. The molecule has 0 saturated heterocycles. The zero-order valence-electron chi connectivity index (χ0n) is 19.1. The molecule has 1 aliphatic heterocycles. The van der Waals surface area contributed by atoms with Gasteiger partial charge in [0.2, 0.25) is 5.91 Å². The van der Waals surface area contributed by atoms with E-state index in [1.807, 2.05) is 0 Å². The number of carbonyl (C=O) groups excluding carboxylic acids is 1. The van der Waals surface area contributed by atoms with Crippen LogP contribution in [-0.4, -0.2) is 64.2 Å². The number of amidine groups is 1. The van der Waals surface area contributed by atoms with Crippen molar-refractivity contribution in [3.63, 3.8) is 0 Å². The van der Waals surface area contributed by atoms with Crippen molar-refractivity contribution in [1.82, 2.24) is 15.5 Å². The van der Waals surface area contributed by atoms with Crippen LogP contribution in [0.4, 0.5) is 0 Å². The second kappa shape index (κ2) is 11.6. The molecule has 0 saturated carbocycles. The molecular formula is C24H31ClN4O3S. The van der Waals surface area contributed by atoms with Gasteiger partial charge in [0.25, 0.3) is 0 Å². The van der Waals surface area contributed by atoms with Gasteiger partial charge in [-0.3, -0.25) is 9.79 Å². The summed E-state index contributed by atoms with van der Waals surface area (Å²) in [5, 5.41) is 6.63. The fourth-order valence-corrected chi connectivity index (χ4v) is 5.27. The molecule has 1 aliphatic rings. The molecule has 7 nitrogen and oxygen atoms in total. The minimum absolute atomic E-state index is 0.0477. The lowest BCUT2D eigenvalue weighted by Gasteiger charge is -2.17. The quantitative estimate of drug-likeness (QED) is 0.473. The molecule has 0 radical (unpaired) electrons. The molecule has 1 amide bonds. The van der Waals surface area contributed by atoms with E-state index in [2.05, 4.69) is 39.9 Å². The zero-order valence-corrected chi connectivity index (χ0v) is 20.7. The predicted octanol–water partition coefficient (Wildman–Crippen LogP) is 2.80. The third kappa shape index (κ3) is 7.03. The van der Waals surface area contributed by atoms with Crippen LogP contribution in [0.25, 0.3) is 0 Å². The monoisotopic (exact) mass is 490 g/mol. The zero-order chi connectivity index (χ0) is 23.8. The summed E-state index contributed by atoms with van der Waals surface area (Å²) in [4.78, 5) is 18.8. The van der Waals surface area contributed by atoms with Gasteiger partial charge in [0.1, 0.15) is 11.7 Å². The van der Waals surface area contributed by atoms with E-state index >= 15 is 0 Å². The number of hydrogen-bond donors (Lipinski definition) is 2. The van der Waals surface area contributed by atoms with Crippen molar-refractivity contribution in [3.05, 3.63) is 64.2 Å². The lowest BCUT2D eigenvalue weighted by Crippen LogP contribution is -2.30. The highest BCUT2D eigenvalue weighted by molar-refractivity contribution is 7.91. The van der Waals surface area contributed by atoms with Crippen molar-refractivity contribution in [2.45, 2.75) is 31.1 Å². The Labute approximate surface area is 201 Å². The normalized spacial score (nSPS) is 13.5.